The van der Waals surface area contributed by atoms with Crippen LogP contribution in [0.2, 0.25) is 0 Å². The summed E-state index contributed by atoms with van der Waals surface area (Å²) in [7, 11) is 0. The Kier molecular flexibility index (Phi) is 7.56. The van der Waals surface area contributed by atoms with Gasteiger partial charge in [-0.3, -0.25) is 9.69 Å². The monoisotopic (exact) mass is 541 g/mol. The third-order valence-corrected chi connectivity index (χ3v) is 8.73. The van der Waals surface area contributed by atoms with Crippen molar-refractivity contribution in [2.45, 2.75) is 65.0 Å². The van der Waals surface area contributed by atoms with E-state index in [1.807, 2.05) is 35.9 Å². The first-order valence-corrected chi connectivity index (χ1v) is 14.7. The molecule has 6 rings (SSSR count). The molecule has 1 aliphatic heterocycles. The summed E-state index contributed by atoms with van der Waals surface area (Å²) < 4.78 is 7.77. The van der Waals surface area contributed by atoms with Crippen molar-refractivity contribution in [1.29, 1.82) is 0 Å². The molecule has 1 atom stereocenters. The Morgan fingerprint density at radius 1 is 1.02 bits per heavy atom. The number of hydrogen-bond acceptors (Lipinski definition) is 7. The fourth-order valence-electron chi connectivity index (χ4n) is 6.43. The van der Waals surface area contributed by atoms with Crippen molar-refractivity contribution in [2.75, 3.05) is 37.7 Å². The van der Waals surface area contributed by atoms with Crippen LogP contribution in [0.4, 0.5) is 5.69 Å². The lowest BCUT2D eigenvalue weighted by Gasteiger charge is -2.40. The lowest BCUT2D eigenvalue weighted by atomic mass is 9.95. The van der Waals surface area contributed by atoms with Crippen LogP contribution < -0.4 is 15.2 Å². The minimum atomic E-state index is -0.346. The molecular formula is C31H39N7O2. The number of aryl methyl sites for hydroxylation is 1. The molecule has 2 aromatic heterocycles. The number of fused-ring (bicyclic) bond motifs is 1. The van der Waals surface area contributed by atoms with Gasteiger partial charge in [0.1, 0.15) is 11.8 Å². The summed E-state index contributed by atoms with van der Waals surface area (Å²) in [4.78, 5) is 21.6. The van der Waals surface area contributed by atoms with Crippen molar-refractivity contribution < 1.29 is 4.74 Å². The Morgan fingerprint density at radius 2 is 1.82 bits per heavy atom. The van der Waals surface area contributed by atoms with Crippen molar-refractivity contribution in [3.63, 3.8) is 0 Å². The number of tetrazole rings is 1. The fraction of sp³-hybridized carbons (Fsp3) is 0.484. The summed E-state index contributed by atoms with van der Waals surface area (Å²) in [5, 5.41) is 14.2. The summed E-state index contributed by atoms with van der Waals surface area (Å²) in [5.74, 6) is 1.55. The first-order valence-electron chi connectivity index (χ1n) is 14.7. The number of nitrogens with zero attached hydrogens (tertiary/aromatic N) is 6. The number of piperazine rings is 1. The van der Waals surface area contributed by atoms with Gasteiger partial charge < -0.3 is 14.6 Å². The number of aromatic amines is 1. The molecule has 0 radical (unpaired) electrons. The second-order valence-electron chi connectivity index (χ2n) is 11.2. The highest BCUT2D eigenvalue weighted by Crippen LogP contribution is 2.34. The van der Waals surface area contributed by atoms with Crippen molar-refractivity contribution in [1.82, 2.24) is 30.1 Å². The van der Waals surface area contributed by atoms with Crippen molar-refractivity contribution in [3.05, 3.63) is 75.3 Å². The van der Waals surface area contributed by atoms with Crippen LogP contribution in [0.3, 0.4) is 0 Å². The topological polar surface area (TPSA) is 92.2 Å². The average molecular weight is 542 g/mol. The number of nitrogens with one attached hydrogen (secondary N) is 1. The highest BCUT2D eigenvalue weighted by molar-refractivity contribution is 5.80. The van der Waals surface area contributed by atoms with E-state index in [0.29, 0.717) is 12.2 Å². The van der Waals surface area contributed by atoms with Crippen LogP contribution in [-0.4, -0.2) is 62.9 Å². The fourth-order valence-corrected chi connectivity index (χ4v) is 6.43. The van der Waals surface area contributed by atoms with E-state index in [2.05, 4.69) is 62.4 Å². The minimum Gasteiger partial charge on any atom is -0.494 e. The smallest absolute Gasteiger partial charge is 0.253 e. The van der Waals surface area contributed by atoms with Crippen LogP contribution in [0.5, 0.6) is 5.75 Å². The zero-order valence-corrected chi connectivity index (χ0v) is 23.8. The third kappa shape index (κ3) is 5.10. The van der Waals surface area contributed by atoms with E-state index in [1.54, 1.807) is 0 Å². The van der Waals surface area contributed by atoms with Gasteiger partial charge in [-0.05, 0) is 85.5 Å². The SMILES string of the molecule is CCOc1ccc2[nH]c(=O)c([C@@H](c3nnnn3C3CCCCC3)N3CCN(c4cccc(C)c4C)CC3)cc2c1. The number of hydrogen-bond donors (Lipinski definition) is 1. The summed E-state index contributed by atoms with van der Waals surface area (Å²) in [6, 6.07) is 14.3. The van der Waals surface area contributed by atoms with E-state index in [4.69, 9.17) is 4.74 Å². The minimum absolute atomic E-state index is 0.100. The summed E-state index contributed by atoms with van der Waals surface area (Å²) in [6.07, 6.45) is 5.75. The molecule has 40 heavy (non-hydrogen) atoms. The van der Waals surface area contributed by atoms with Crippen molar-refractivity contribution in [3.8, 4) is 5.75 Å². The maximum absolute atomic E-state index is 13.7. The van der Waals surface area contributed by atoms with E-state index >= 15 is 0 Å². The second kappa shape index (κ2) is 11.4. The molecule has 0 unspecified atom stereocenters. The van der Waals surface area contributed by atoms with Gasteiger partial charge in [0.05, 0.1) is 12.6 Å². The Labute approximate surface area is 235 Å². The Bertz CT molecular complexity index is 1530. The Hall–Kier alpha value is -3.72. The predicted molar refractivity (Wildman–Crippen MR) is 157 cm³/mol. The number of pyridine rings is 1. The van der Waals surface area contributed by atoms with E-state index in [-0.39, 0.29) is 17.6 Å². The molecule has 9 nitrogen and oxygen atoms in total. The van der Waals surface area contributed by atoms with Gasteiger partial charge >= 0.3 is 0 Å². The summed E-state index contributed by atoms with van der Waals surface area (Å²) in [6.45, 7) is 10.3. The zero-order chi connectivity index (χ0) is 27.6. The molecule has 1 saturated carbocycles. The lowest BCUT2D eigenvalue weighted by molar-refractivity contribution is 0.192. The van der Waals surface area contributed by atoms with Gasteiger partial charge in [0.25, 0.3) is 5.56 Å². The first-order chi connectivity index (χ1) is 19.5. The molecule has 2 aliphatic rings. The van der Waals surface area contributed by atoms with Crippen LogP contribution in [0, 0.1) is 13.8 Å². The first kappa shape index (κ1) is 26.5. The predicted octanol–water partition coefficient (Wildman–Crippen LogP) is 4.95. The van der Waals surface area contributed by atoms with E-state index < -0.39 is 0 Å². The Morgan fingerprint density at radius 3 is 2.60 bits per heavy atom. The van der Waals surface area contributed by atoms with Gasteiger partial charge in [0.15, 0.2) is 5.82 Å². The van der Waals surface area contributed by atoms with Gasteiger partial charge in [0, 0.05) is 48.3 Å². The summed E-state index contributed by atoms with van der Waals surface area (Å²) in [5.41, 5.74) is 5.28. The molecule has 0 amide bonds. The quantitative estimate of drug-likeness (QED) is 0.354. The molecule has 3 heterocycles. The molecule has 9 heteroatoms. The highest BCUT2D eigenvalue weighted by Gasteiger charge is 2.34. The molecule has 4 aromatic rings. The average Bonchev–Trinajstić information content (AvgIpc) is 3.46. The molecule has 0 spiro atoms. The highest BCUT2D eigenvalue weighted by atomic mass is 16.5. The number of aromatic nitrogens is 5. The number of anilines is 1. The molecule has 1 saturated heterocycles. The third-order valence-electron chi connectivity index (χ3n) is 8.73. The largest absolute Gasteiger partial charge is 0.494 e. The normalized spacial score (nSPS) is 17.8. The van der Waals surface area contributed by atoms with Gasteiger partial charge in [-0.1, -0.05) is 31.4 Å². The molecule has 2 fully saturated rings. The van der Waals surface area contributed by atoms with Crippen LogP contribution in [0.25, 0.3) is 10.9 Å². The molecule has 2 aromatic carbocycles. The van der Waals surface area contributed by atoms with Crippen LogP contribution in [-0.2, 0) is 0 Å². The molecule has 1 N–H and O–H groups in total. The standard InChI is InChI=1S/C31H39N7O2/c1-4-40-25-13-14-27-23(19-25)20-26(31(39)32-27)29(30-33-34-35-38(30)24-10-6-5-7-11-24)37-17-15-36(16-18-37)28-12-8-9-21(2)22(28)3/h8-9,12-14,19-20,24,29H,4-7,10-11,15-18H2,1-3H3,(H,32,39)/t29-/m0/s1. The van der Waals surface area contributed by atoms with Crippen molar-refractivity contribution >= 4 is 16.6 Å². The van der Waals surface area contributed by atoms with E-state index in [1.165, 1.54) is 36.1 Å². The van der Waals surface area contributed by atoms with Gasteiger partial charge in [0.2, 0.25) is 0 Å². The van der Waals surface area contributed by atoms with Crippen molar-refractivity contribution in [2.24, 2.45) is 0 Å². The molecule has 0 bridgehead atoms. The van der Waals surface area contributed by atoms with Crippen LogP contribution in [0.1, 0.15) is 73.6 Å². The number of H-pyrrole nitrogens is 1. The zero-order valence-electron chi connectivity index (χ0n) is 23.8. The van der Waals surface area contributed by atoms with Crippen LogP contribution >= 0.6 is 0 Å². The van der Waals surface area contributed by atoms with Gasteiger partial charge in [-0.2, -0.15) is 0 Å². The summed E-state index contributed by atoms with van der Waals surface area (Å²) >= 11 is 0. The van der Waals surface area contributed by atoms with Gasteiger partial charge in [-0.15, -0.1) is 5.10 Å². The maximum Gasteiger partial charge on any atom is 0.253 e. The lowest BCUT2D eigenvalue weighted by Crippen LogP contribution is -2.49. The Balaban J connectivity index is 1.39. The molecule has 1 aliphatic carbocycles. The maximum atomic E-state index is 13.7. The number of rotatable bonds is 7. The number of ether oxygens (including phenoxy) is 1. The molecular weight excluding hydrogens is 502 g/mol. The van der Waals surface area contributed by atoms with E-state index in [0.717, 1.165) is 61.5 Å². The number of benzene rings is 2. The second-order valence-corrected chi connectivity index (χ2v) is 11.2. The van der Waals surface area contributed by atoms with E-state index in [9.17, 15) is 4.79 Å². The van der Waals surface area contributed by atoms with Gasteiger partial charge in [-0.25, -0.2) is 4.68 Å². The van der Waals surface area contributed by atoms with Crippen LogP contribution in [0.15, 0.2) is 47.3 Å². The molecule has 210 valence electrons.